The molecule has 4 heteroatoms. The number of aromatic nitrogens is 3. The van der Waals surface area contributed by atoms with Gasteiger partial charge in [0.25, 0.3) is 0 Å². The minimum absolute atomic E-state index is 0.538. The lowest BCUT2D eigenvalue weighted by Gasteiger charge is -2.04. The van der Waals surface area contributed by atoms with E-state index in [1.54, 1.807) is 0 Å². The number of hydrogen-bond acceptors (Lipinski definition) is 3. The highest BCUT2D eigenvalue weighted by atomic mass is 15.1. The van der Waals surface area contributed by atoms with Crippen LogP contribution in [0.5, 0.6) is 0 Å². The Bertz CT molecular complexity index is 473. The summed E-state index contributed by atoms with van der Waals surface area (Å²) in [6.45, 7) is 4.58. The van der Waals surface area contributed by atoms with Crippen molar-refractivity contribution in [3.05, 3.63) is 41.5 Å². The summed E-state index contributed by atoms with van der Waals surface area (Å²) in [4.78, 5) is 8.56. The van der Waals surface area contributed by atoms with Gasteiger partial charge in [-0.25, -0.2) is 4.98 Å². The number of pyridine rings is 1. The van der Waals surface area contributed by atoms with Gasteiger partial charge in [-0.2, -0.15) is 0 Å². The van der Waals surface area contributed by atoms with Gasteiger partial charge in [-0.05, 0) is 26.0 Å². The standard InChI is InChI=1S/C11H14N4/c1-8-4-3-5-10(13-8)7-15-6-9(2)14-11(15)12/h3-6H,7H2,1-2H3,(H2,12,14). The van der Waals surface area contributed by atoms with Crippen LogP contribution in [0.3, 0.4) is 0 Å². The summed E-state index contributed by atoms with van der Waals surface area (Å²) < 4.78 is 1.90. The third kappa shape index (κ3) is 2.15. The highest BCUT2D eigenvalue weighted by molar-refractivity contribution is 5.23. The lowest BCUT2D eigenvalue weighted by molar-refractivity contribution is 0.780. The second kappa shape index (κ2) is 3.73. The normalized spacial score (nSPS) is 10.5. The number of nitrogens with two attached hydrogens (primary N) is 1. The first-order valence-electron chi connectivity index (χ1n) is 4.87. The van der Waals surface area contributed by atoms with Crippen molar-refractivity contribution in [2.75, 3.05) is 5.73 Å². The van der Waals surface area contributed by atoms with Crippen LogP contribution in [0.1, 0.15) is 17.1 Å². The molecule has 0 saturated carbocycles. The van der Waals surface area contributed by atoms with Crippen molar-refractivity contribution in [3.63, 3.8) is 0 Å². The second-order valence-electron chi connectivity index (χ2n) is 3.64. The molecular weight excluding hydrogens is 188 g/mol. The predicted octanol–water partition coefficient (Wildman–Crippen LogP) is 1.53. The van der Waals surface area contributed by atoms with Crippen molar-refractivity contribution >= 4 is 5.95 Å². The average Bonchev–Trinajstić information content (AvgIpc) is 2.45. The van der Waals surface area contributed by atoms with E-state index in [0.29, 0.717) is 12.5 Å². The number of imidazole rings is 1. The molecule has 0 amide bonds. The molecule has 2 aromatic rings. The summed E-state index contributed by atoms with van der Waals surface area (Å²) in [5, 5.41) is 0. The highest BCUT2D eigenvalue weighted by Crippen LogP contribution is 2.07. The topological polar surface area (TPSA) is 56.7 Å². The maximum atomic E-state index is 5.75. The van der Waals surface area contributed by atoms with Crippen molar-refractivity contribution in [2.24, 2.45) is 0 Å². The van der Waals surface area contributed by atoms with E-state index in [0.717, 1.165) is 17.1 Å². The zero-order valence-electron chi connectivity index (χ0n) is 8.94. The van der Waals surface area contributed by atoms with E-state index in [1.807, 2.05) is 42.8 Å². The van der Waals surface area contributed by atoms with E-state index < -0.39 is 0 Å². The third-order valence-corrected chi connectivity index (χ3v) is 2.21. The van der Waals surface area contributed by atoms with Crippen molar-refractivity contribution in [2.45, 2.75) is 20.4 Å². The van der Waals surface area contributed by atoms with E-state index in [2.05, 4.69) is 9.97 Å². The molecule has 0 aromatic carbocycles. The fourth-order valence-electron chi connectivity index (χ4n) is 1.55. The Hall–Kier alpha value is -1.84. The van der Waals surface area contributed by atoms with Gasteiger partial charge >= 0.3 is 0 Å². The monoisotopic (exact) mass is 202 g/mol. The minimum atomic E-state index is 0.538. The van der Waals surface area contributed by atoms with Crippen LogP contribution in [0.2, 0.25) is 0 Å². The van der Waals surface area contributed by atoms with Gasteiger partial charge in [0.05, 0.1) is 17.9 Å². The molecule has 15 heavy (non-hydrogen) atoms. The van der Waals surface area contributed by atoms with Gasteiger partial charge in [0.2, 0.25) is 5.95 Å². The van der Waals surface area contributed by atoms with Gasteiger partial charge in [-0.1, -0.05) is 6.07 Å². The minimum Gasteiger partial charge on any atom is -0.369 e. The molecule has 0 spiro atoms. The Labute approximate surface area is 88.8 Å². The zero-order valence-corrected chi connectivity index (χ0v) is 8.94. The highest BCUT2D eigenvalue weighted by Gasteiger charge is 2.02. The van der Waals surface area contributed by atoms with Crippen LogP contribution < -0.4 is 5.73 Å². The van der Waals surface area contributed by atoms with Gasteiger partial charge in [0.15, 0.2) is 0 Å². The molecule has 2 heterocycles. The van der Waals surface area contributed by atoms with Crippen molar-refractivity contribution < 1.29 is 0 Å². The molecule has 0 atom stereocenters. The van der Waals surface area contributed by atoms with E-state index in [-0.39, 0.29) is 0 Å². The molecule has 2 N–H and O–H groups in total. The smallest absolute Gasteiger partial charge is 0.200 e. The lowest BCUT2D eigenvalue weighted by Crippen LogP contribution is -2.05. The SMILES string of the molecule is Cc1cccc(Cn2cc(C)nc2N)n1. The summed E-state index contributed by atoms with van der Waals surface area (Å²) in [7, 11) is 0. The molecule has 0 fully saturated rings. The van der Waals surface area contributed by atoms with Crippen LogP contribution in [0, 0.1) is 13.8 Å². The Morgan fingerprint density at radius 1 is 1.20 bits per heavy atom. The number of nitrogen functional groups attached to an aromatic ring is 1. The van der Waals surface area contributed by atoms with Crippen LogP contribution in [0.15, 0.2) is 24.4 Å². The molecule has 2 rings (SSSR count). The Morgan fingerprint density at radius 3 is 2.60 bits per heavy atom. The van der Waals surface area contributed by atoms with Gasteiger partial charge in [-0.3, -0.25) is 4.98 Å². The summed E-state index contributed by atoms with van der Waals surface area (Å²) in [5.41, 5.74) is 8.70. The Morgan fingerprint density at radius 2 is 2.00 bits per heavy atom. The fourth-order valence-corrected chi connectivity index (χ4v) is 1.55. The molecule has 0 aliphatic carbocycles. The summed E-state index contributed by atoms with van der Waals surface area (Å²) in [6.07, 6.45) is 1.93. The van der Waals surface area contributed by atoms with Gasteiger partial charge < -0.3 is 10.3 Å². The largest absolute Gasteiger partial charge is 0.369 e. The number of nitrogens with zero attached hydrogens (tertiary/aromatic N) is 3. The van der Waals surface area contributed by atoms with Crippen LogP contribution in [-0.2, 0) is 6.54 Å². The predicted molar refractivity (Wildman–Crippen MR) is 59.5 cm³/mol. The maximum absolute atomic E-state index is 5.75. The average molecular weight is 202 g/mol. The van der Waals surface area contributed by atoms with Crippen LogP contribution >= 0.6 is 0 Å². The molecule has 4 nitrogen and oxygen atoms in total. The van der Waals surface area contributed by atoms with E-state index in [4.69, 9.17) is 5.73 Å². The first-order chi connectivity index (χ1) is 7.15. The fraction of sp³-hybridized carbons (Fsp3) is 0.273. The molecular formula is C11H14N4. The molecule has 0 saturated heterocycles. The van der Waals surface area contributed by atoms with Gasteiger partial charge in [-0.15, -0.1) is 0 Å². The quantitative estimate of drug-likeness (QED) is 0.803. The first kappa shape index (κ1) is 9.71. The first-order valence-corrected chi connectivity index (χ1v) is 4.87. The molecule has 0 bridgehead atoms. The third-order valence-electron chi connectivity index (χ3n) is 2.21. The zero-order chi connectivity index (χ0) is 10.8. The number of aryl methyl sites for hydroxylation is 2. The van der Waals surface area contributed by atoms with Crippen LogP contribution in [-0.4, -0.2) is 14.5 Å². The Kier molecular flexibility index (Phi) is 2.41. The van der Waals surface area contributed by atoms with Crippen LogP contribution in [0.25, 0.3) is 0 Å². The molecule has 0 aliphatic rings. The maximum Gasteiger partial charge on any atom is 0.200 e. The number of hydrogen-bond donors (Lipinski definition) is 1. The summed E-state index contributed by atoms with van der Waals surface area (Å²) in [6, 6.07) is 5.96. The van der Waals surface area contributed by atoms with Crippen molar-refractivity contribution in [1.82, 2.24) is 14.5 Å². The van der Waals surface area contributed by atoms with Crippen molar-refractivity contribution in [1.29, 1.82) is 0 Å². The van der Waals surface area contributed by atoms with Crippen molar-refractivity contribution in [3.8, 4) is 0 Å². The van der Waals surface area contributed by atoms with E-state index in [1.165, 1.54) is 0 Å². The number of rotatable bonds is 2. The lowest BCUT2D eigenvalue weighted by atomic mass is 10.3. The number of anilines is 1. The van der Waals surface area contributed by atoms with E-state index >= 15 is 0 Å². The molecule has 78 valence electrons. The summed E-state index contributed by atoms with van der Waals surface area (Å²) >= 11 is 0. The molecule has 0 aliphatic heterocycles. The summed E-state index contributed by atoms with van der Waals surface area (Å²) in [5.74, 6) is 0.538. The van der Waals surface area contributed by atoms with E-state index in [9.17, 15) is 0 Å². The molecule has 0 unspecified atom stereocenters. The van der Waals surface area contributed by atoms with Crippen LogP contribution in [0.4, 0.5) is 5.95 Å². The molecule has 2 aromatic heterocycles. The second-order valence-corrected chi connectivity index (χ2v) is 3.64. The van der Waals surface area contributed by atoms with Gasteiger partial charge in [0.1, 0.15) is 0 Å². The van der Waals surface area contributed by atoms with Gasteiger partial charge in [0, 0.05) is 11.9 Å². The Balaban J connectivity index is 2.25. The molecule has 0 radical (unpaired) electrons.